The number of para-hydroxylation sites is 1. The van der Waals surface area contributed by atoms with Crippen molar-refractivity contribution in [3.05, 3.63) is 75.7 Å². The van der Waals surface area contributed by atoms with Crippen molar-refractivity contribution >= 4 is 27.5 Å². The summed E-state index contributed by atoms with van der Waals surface area (Å²) in [5, 5.41) is 0.403. The molecule has 3 aromatic heterocycles. The van der Waals surface area contributed by atoms with Crippen LogP contribution in [0.1, 0.15) is 15.2 Å². The summed E-state index contributed by atoms with van der Waals surface area (Å²) in [7, 11) is 0. The van der Waals surface area contributed by atoms with E-state index in [9.17, 15) is 9.59 Å². The smallest absolute Gasteiger partial charge is 0.348 e. The number of fused-ring (bicyclic) bond motifs is 1. The molecule has 1 N–H and O–H groups in total. The van der Waals surface area contributed by atoms with Gasteiger partial charge in [0, 0.05) is 18.0 Å². The van der Waals surface area contributed by atoms with Crippen LogP contribution in [0, 0.1) is 6.92 Å². The molecule has 7 nitrogen and oxygen atoms in total. The molecule has 0 aliphatic carbocycles. The van der Waals surface area contributed by atoms with Gasteiger partial charge in [0.2, 0.25) is 0 Å². The van der Waals surface area contributed by atoms with Gasteiger partial charge in [-0.15, -0.1) is 11.3 Å². The molecule has 0 amide bonds. The van der Waals surface area contributed by atoms with Gasteiger partial charge in [-0.05, 0) is 36.8 Å². The minimum atomic E-state index is -0.493. The van der Waals surface area contributed by atoms with Crippen LogP contribution in [0.25, 0.3) is 21.6 Å². The first kappa shape index (κ1) is 18.8. The minimum Gasteiger partial charge on any atom is -0.490 e. The third-order valence-electron chi connectivity index (χ3n) is 4.27. The maximum absolute atomic E-state index is 12.6. The summed E-state index contributed by atoms with van der Waals surface area (Å²) in [5.74, 6) is 0.648. The highest BCUT2D eigenvalue weighted by atomic mass is 32.1. The number of esters is 1. The van der Waals surface area contributed by atoms with Gasteiger partial charge in [0.1, 0.15) is 34.5 Å². The van der Waals surface area contributed by atoms with Crippen molar-refractivity contribution in [1.82, 2.24) is 15.0 Å². The van der Waals surface area contributed by atoms with Crippen LogP contribution in [-0.4, -0.2) is 34.1 Å². The number of H-pyrrole nitrogens is 1. The van der Waals surface area contributed by atoms with E-state index in [4.69, 9.17) is 9.47 Å². The molecule has 4 aromatic rings. The molecule has 0 radical (unpaired) electrons. The van der Waals surface area contributed by atoms with Crippen LogP contribution < -0.4 is 10.3 Å². The lowest BCUT2D eigenvalue weighted by Gasteiger charge is -2.06. The topological polar surface area (TPSA) is 94.2 Å². The zero-order valence-corrected chi connectivity index (χ0v) is 16.4. The maximum atomic E-state index is 12.6. The van der Waals surface area contributed by atoms with Crippen molar-refractivity contribution in [2.75, 3.05) is 13.2 Å². The molecule has 3 heterocycles. The van der Waals surface area contributed by atoms with Gasteiger partial charge in [0.25, 0.3) is 5.56 Å². The molecule has 0 aliphatic heterocycles. The summed E-state index contributed by atoms with van der Waals surface area (Å²) in [6.07, 6.45) is 3.25. The molecular weight excluding hydrogens is 390 g/mol. The molecule has 0 bridgehead atoms. The van der Waals surface area contributed by atoms with E-state index in [1.54, 1.807) is 31.5 Å². The van der Waals surface area contributed by atoms with Crippen molar-refractivity contribution in [3.63, 3.8) is 0 Å². The minimum absolute atomic E-state index is 0.105. The fourth-order valence-electron chi connectivity index (χ4n) is 2.86. The molecule has 0 aliphatic rings. The zero-order valence-electron chi connectivity index (χ0n) is 15.5. The fraction of sp³-hybridized carbons (Fsp3) is 0.143. The van der Waals surface area contributed by atoms with Crippen LogP contribution in [0.5, 0.6) is 5.75 Å². The quantitative estimate of drug-likeness (QED) is 0.388. The summed E-state index contributed by atoms with van der Waals surface area (Å²) < 4.78 is 10.8. The van der Waals surface area contributed by atoms with Crippen LogP contribution >= 0.6 is 11.3 Å². The number of aryl methyl sites for hydroxylation is 1. The number of hydrogen-bond acceptors (Lipinski definition) is 7. The van der Waals surface area contributed by atoms with Crippen molar-refractivity contribution in [2.45, 2.75) is 6.92 Å². The summed E-state index contributed by atoms with van der Waals surface area (Å²) in [6, 6.07) is 12.8. The predicted molar refractivity (Wildman–Crippen MR) is 110 cm³/mol. The molecule has 0 saturated carbocycles. The standard InChI is InChI=1S/C21H17N3O4S/c1-13-16-19(25)23-18(14-7-9-22-10-8-14)24-20(16)29-17(13)21(26)28-12-11-27-15-5-3-2-4-6-15/h2-10H,11-12H2,1H3,(H,23,24,25). The molecule has 0 fully saturated rings. The first-order valence-corrected chi connectivity index (χ1v) is 9.74. The Kier molecular flexibility index (Phi) is 5.35. The Hall–Kier alpha value is -3.52. The predicted octanol–water partition coefficient (Wildman–Crippen LogP) is 3.59. The summed E-state index contributed by atoms with van der Waals surface area (Å²) in [6.45, 7) is 2.07. The Bertz CT molecular complexity index is 1200. The van der Waals surface area contributed by atoms with Crippen LogP contribution in [0.2, 0.25) is 0 Å². The highest BCUT2D eigenvalue weighted by molar-refractivity contribution is 7.20. The Labute approximate surface area is 170 Å². The second kappa shape index (κ2) is 8.24. The third-order valence-corrected chi connectivity index (χ3v) is 5.43. The average molecular weight is 407 g/mol. The number of aromatic amines is 1. The summed E-state index contributed by atoms with van der Waals surface area (Å²) >= 11 is 1.15. The Morgan fingerprint density at radius 1 is 1.10 bits per heavy atom. The fourth-order valence-corrected chi connectivity index (χ4v) is 3.94. The van der Waals surface area contributed by atoms with Gasteiger partial charge in [-0.1, -0.05) is 18.2 Å². The molecule has 29 heavy (non-hydrogen) atoms. The number of pyridine rings is 1. The van der Waals surface area contributed by atoms with Gasteiger partial charge in [-0.25, -0.2) is 9.78 Å². The SMILES string of the molecule is Cc1c(C(=O)OCCOc2ccccc2)sc2nc(-c3ccncc3)[nH]c(=O)c12. The van der Waals surface area contributed by atoms with E-state index in [1.807, 2.05) is 30.3 Å². The molecule has 146 valence electrons. The van der Waals surface area contributed by atoms with Gasteiger partial charge in [-0.2, -0.15) is 0 Å². The van der Waals surface area contributed by atoms with E-state index in [0.29, 0.717) is 32.2 Å². The zero-order chi connectivity index (χ0) is 20.2. The van der Waals surface area contributed by atoms with Crippen LogP contribution in [0.4, 0.5) is 0 Å². The van der Waals surface area contributed by atoms with E-state index >= 15 is 0 Å². The van der Waals surface area contributed by atoms with Crippen molar-refractivity contribution in [1.29, 1.82) is 0 Å². The molecule has 4 rings (SSSR count). The van der Waals surface area contributed by atoms with Gasteiger partial charge >= 0.3 is 5.97 Å². The van der Waals surface area contributed by atoms with Crippen LogP contribution in [-0.2, 0) is 4.74 Å². The number of benzene rings is 1. The maximum Gasteiger partial charge on any atom is 0.348 e. The van der Waals surface area contributed by atoms with Gasteiger partial charge in [0.15, 0.2) is 0 Å². The highest BCUT2D eigenvalue weighted by Crippen LogP contribution is 2.29. The monoisotopic (exact) mass is 407 g/mol. The van der Waals surface area contributed by atoms with E-state index in [-0.39, 0.29) is 18.8 Å². The largest absolute Gasteiger partial charge is 0.490 e. The van der Waals surface area contributed by atoms with Gasteiger partial charge < -0.3 is 14.5 Å². The Balaban J connectivity index is 1.51. The molecule has 0 atom stereocenters. The number of hydrogen-bond donors (Lipinski definition) is 1. The number of rotatable bonds is 6. The first-order chi connectivity index (χ1) is 14.1. The van der Waals surface area contributed by atoms with Gasteiger partial charge in [-0.3, -0.25) is 9.78 Å². The highest BCUT2D eigenvalue weighted by Gasteiger charge is 2.20. The number of ether oxygens (including phenoxy) is 2. The normalized spacial score (nSPS) is 10.8. The molecule has 8 heteroatoms. The lowest BCUT2D eigenvalue weighted by molar-refractivity contribution is 0.0455. The lowest BCUT2D eigenvalue weighted by atomic mass is 10.2. The molecule has 1 aromatic carbocycles. The van der Waals surface area contributed by atoms with Crippen molar-refractivity contribution in [2.24, 2.45) is 0 Å². The van der Waals surface area contributed by atoms with E-state index < -0.39 is 5.97 Å². The average Bonchev–Trinajstić information content (AvgIpc) is 3.09. The van der Waals surface area contributed by atoms with E-state index in [1.165, 1.54) is 0 Å². The van der Waals surface area contributed by atoms with Crippen LogP contribution in [0.3, 0.4) is 0 Å². The van der Waals surface area contributed by atoms with Crippen molar-refractivity contribution in [3.8, 4) is 17.1 Å². The van der Waals surface area contributed by atoms with E-state index in [0.717, 1.165) is 16.9 Å². The van der Waals surface area contributed by atoms with Gasteiger partial charge in [0.05, 0.1) is 5.39 Å². The first-order valence-electron chi connectivity index (χ1n) is 8.92. The molecule has 0 saturated heterocycles. The number of carbonyl (C=O) groups excluding carboxylic acids is 1. The van der Waals surface area contributed by atoms with E-state index in [2.05, 4.69) is 15.0 Å². The second-order valence-electron chi connectivity index (χ2n) is 6.18. The molecule has 0 unspecified atom stereocenters. The number of aromatic nitrogens is 3. The molecular formula is C21H17N3O4S. The summed E-state index contributed by atoms with van der Waals surface area (Å²) in [4.78, 5) is 37.2. The molecule has 0 spiro atoms. The summed E-state index contributed by atoms with van der Waals surface area (Å²) in [5.41, 5.74) is 1.02. The Morgan fingerprint density at radius 3 is 2.62 bits per heavy atom. The Morgan fingerprint density at radius 2 is 1.86 bits per heavy atom. The van der Waals surface area contributed by atoms with Crippen molar-refractivity contribution < 1.29 is 14.3 Å². The number of thiophene rings is 1. The number of carbonyl (C=O) groups is 1. The third kappa shape index (κ3) is 4.02. The number of nitrogens with one attached hydrogen (secondary N) is 1. The van der Waals surface area contributed by atoms with Crippen LogP contribution in [0.15, 0.2) is 59.7 Å². The number of nitrogens with zero attached hydrogens (tertiary/aromatic N) is 2. The second-order valence-corrected chi connectivity index (χ2v) is 7.18. The lowest BCUT2D eigenvalue weighted by Crippen LogP contribution is -2.13.